The van der Waals surface area contributed by atoms with Crippen LogP contribution in [0.25, 0.3) is 0 Å². The van der Waals surface area contributed by atoms with Crippen LogP contribution < -0.4 is 5.32 Å². The van der Waals surface area contributed by atoms with Gasteiger partial charge in [-0.3, -0.25) is 4.57 Å². The zero-order chi connectivity index (χ0) is 12.5. The number of alkyl halides is 2. The highest BCUT2D eigenvalue weighted by molar-refractivity contribution is 4.92. The molecule has 1 aromatic heterocycles. The van der Waals surface area contributed by atoms with Gasteiger partial charge in [-0.15, -0.1) is 0 Å². The molecule has 0 aliphatic rings. The maximum Gasteiger partial charge on any atom is 0.319 e. The van der Waals surface area contributed by atoms with E-state index in [4.69, 9.17) is 5.11 Å². The number of hydrogen-bond acceptors (Lipinski definition) is 3. The molecule has 0 saturated carbocycles. The second kappa shape index (κ2) is 8.14. The topological polar surface area (TPSA) is 50.1 Å². The molecule has 0 radical (unpaired) electrons. The minimum absolute atomic E-state index is 0.235. The largest absolute Gasteiger partial charge is 0.396 e. The van der Waals surface area contributed by atoms with E-state index in [-0.39, 0.29) is 6.61 Å². The minimum Gasteiger partial charge on any atom is -0.396 e. The first-order valence-corrected chi connectivity index (χ1v) is 5.87. The Balaban J connectivity index is 2.11. The Labute approximate surface area is 99.7 Å². The summed E-state index contributed by atoms with van der Waals surface area (Å²) in [5.41, 5.74) is 0. The van der Waals surface area contributed by atoms with Crippen molar-refractivity contribution >= 4 is 0 Å². The molecule has 0 spiro atoms. The fourth-order valence-corrected chi connectivity index (χ4v) is 1.57. The van der Waals surface area contributed by atoms with Crippen molar-refractivity contribution in [1.82, 2.24) is 14.9 Å². The van der Waals surface area contributed by atoms with Gasteiger partial charge in [0, 0.05) is 19.0 Å². The third-order valence-electron chi connectivity index (χ3n) is 2.50. The molecule has 6 heteroatoms. The summed E-state index contributed by atoms with van der Waals surface area (Å²) in [4.78, 5) is 3.87. The van der Waals surface area contributed by atoms with Crippen LogP contribution in [-0.2, 0) is 6.54 Å². The van der Waals surface area contributed by atoms with Crippen molar-refractivity contribution in [2.45, 2.75) is 38.8 Å². The van der Waals surface area contributed by atoms with Gasteiger partial charge in [-0.2, -0.15) is 8.78 Å². The number of aromatic nitrogens is 2. The number of nitrogens with zero attached hydrogens (tertiary/aromatic N) is 2. The van der Waals surface area contributed by atoms with Gasteiger partial charge in [-0.1, -0.05) is 12.8 Å². The number of aliphatic hydroxyl groups is 1. The van der Waals surface area contributed by atoms with Crippen LogP contribution in [0.5, 0.6) is 0 Å². The summed E-state index contributed by atoms with van der Waals surface area (Å²) < 4.78 is 25.8. The van der Waals surface area contributed by atoms with Gasteiger partial charge >= 0.3 is 6.55 Å². The van der Waals surface area contributed by atoms with Crippen molar-refractivity contribution in [3.05, 3.63) is 18.2 Å². The van der Waals surface area contributed by atoms with Crippen LogP contribution in [-0.4, -0.2) is 27.8 Å². The average Bonchev–Trinajstić information content (AvgIpc) is 2.76. The average molecular weight is 247 g/mol. The molecule has 1 heterocycles. The van der Waals surface area contributed by atoms with Gasteiger partial charge < -0.3 is 10.4 Å². The molecule has 0 unspecified atom stereocenters. The Hall–Kier alpha value is -1.01. The van der Waals surface area contributed by atoms with Gasteiger partial charge in [0.1, 0.15) is 5.82 Å². The lowest BCUT2D eigenvalue weighted by molar-refractivity contribution is 0.0666. The Morgan fingerprint density at radius 1 is 1.29 bits per heavy atom. The van der Waals surface area contributed by atoms with E-state index in [0.717, 1.165) is 36.8 Å². The van der Waals surface area contributed by atoms with Crippen LogP contribution in [0.4, 0.5) is 8.78 Å². The number of halogens is 2. The van der Waals surface area contributed by atoms with Crippen molar-refractivity contribution < 1.29 is 13.9 Å². The molecule has 0 aliphatic heterocycles. The third-order valence-corrected chi connectivity index (χ3v) is 2.50. The predicted molar refractivity (Wildman–Crippen MR) is 60.7 cm³/mol. The van der Waals surface area contributed by atoms with Gasteiger partial charge in [0.2, 0.25) is 0 Å². The zero-order valence-corrected chi connectivity index (χ0v) is 9.78. The van der Waals surface area contributed by atoms with Crippen LogP contribution >= 0.6 is 0 Å². The molecule has 0 aromatic carbocycles. The summed E-state index contributed by atoms with van der Waals surface area (Å²) in [5, 5.41) is 11.7. The summed E-state index contributed by atoms with van der Waals surface area (Å²) in [5.74, 6) is 0.357. The lowest BCUT2D eigenvalue weighted by atomic mass is 10.2. The molecule has 0 saturated heterocycles. The molecule has 0 bridgehead atoms. The molecule has 1 rings (SSSR count). The first kappa shape index (κ1) is 14.1. The fraction of sp³-hybridized carbons (Fsp3) is 0.727. The van der Waals surface area contributed by atoms with Crippen LogP contribution in [0.3, 0.4) is 0 Å². The van der Waals surface area contributed by atoms with Crippen LogP contribution in [0.2, 0.25) is 0 Å². The SMILES string of the molecule is OCCCCCCNCc1nccn1C(F)F. The first-order chi connectivity index (χ1) is 8.25. The van der Waals surface area contributed by atoms with Crippen molar-refractivity contribution in [2.75, 3.05) is 13.2 Å². The molecular formula is C11H19F2N3O. The molecule has 0 amide bonds. The molecule has 1 aromatic rings. The normalized spacial score (nSPS) is 11.3. The monoisotopic (exact) mass is 247 g/mol. The predicted octanol–water partition coefficient (Wildman–Crippen LogP) is 1.92. The van der Waals surface area contributed by atoms with Gasteiger partial charge in [-0.05, 0) is 19.4 Å². The second-order valence-corrected chi connectivity index (χ2v) is 3.84. The van der Waals surface area contributed by atoms with Gasteiger partial charge in [0.05, 0.1) is 6.54 Å². The maximum absolute atomic E-state index is 12.4. The number of rotatable bonds is 9. The Morgan fingerprint density at radius 2 is 2.06 bits per heavy atom. The summed E-state index contributed by atoms with van der Waals surface area (Å²) in [6.45, 7) is -1.16. The van der Waals surface area contributed by atoms with E-state index in [2.05, 4.69) is 10.3 Å². The van der Waals surface area contributed by atoms with Crippen molar-refractivity contribution in [3.8, 4) is 0 Å². The van der Waals surface area contributed by atoms with E-state index in [1.54, 1.807) is 0 Å². The van der Waals surface area contributed by atoms with E-state index >= 15 is 0 Å². The molecule has 98 valence electrons. The number of hydrogen-bond donors (Lipinski definition) is 2. The highest BCUT2D eigenvalue weighted by atomic mass is 19.3. The smallest absolute Gasteiger partial charge is 0.319 e. The second-order valence-electron chi connectivity index (χ2n) is 3.84. The standard InChI is InChI=1S/C11H19F2N3O/c12-11(13)16-7-6-15-10(16)9-14-5-3-1-2-4-8-17/h6-7,11,14,17H,1-5,8-9H2. The highest BCUT2D eigenvalue weighted by Crippen LogP contribution is 2.11. The lowest BCUT2D eigenvalue weighted by Crippen LogP contribution is -2.18. The summed E-state index contributed by atoms with van der Waals surface area (Å²) >= 11 is 0. The molecule has 0 fully saturated rings. The van der Waals surface area contributed by atoms with E-state index in [0.29, 0.717) is 12.4 Å². The maximum atomic E-state index is 12.4. The highest BCUT2D eigenvalue weighted by Gasteiger charge is 2.10. The Bertz CT molecular complexity index is 305. The minimum atomic E-state index is -2.53. The van der Waals surface area contributed by atoms with Crippen molar-refractivity contribution in [2.24, 2.45) is 0 Å². The van der Waals surface area contributed by atoms with Crippen LogP contribution in [0, 0.1) is 0 Å². The molecular weight excluding hydrogens is 228 g/mol. The van der Waals surface area contributed by atoms with Gasteiger partial charge in [0.25, 0.3) is 0 Å². The van der Waals surface area contributed by atoms with E-state index < -0.39 is 6.55 Å². The van der Waals surface area contributed by atoms with E-state index in [9.17, 15) is 8.78 Å². The van der Waals surface area contributed by atoms with Crippen LogP contribution in [0.15, 0.2) is 12.4 Å². The number of unbranched alkanes of at least 4 members (excludes halogenated alkanes) is 3. The first-order valence-electron chi connectivity index (χ1n) is 5.87. The Morgan fingerprint density at radius 3 is 2.76 bits per heavy atom. The number of aliphatic hydroxyl groups excluding tert-OH is 1. The molecule has 17 heavy (non-hydrogen) atoms. The van der Waals surface area contributed by atoms with Gasteiger partial charge in [-0.25, -0.2) is 4.98 Å². The zero-order valence-electron chi connectivity index (χ0n) is 9.78. The van der Waals surface area contributed by atoms with E-state index in [1.165, 1.54) is 12.4 Å². The number of imidazole rings is 1. The third kappa shape index (κ3) is 5.23. The quantitative estimate of drug-likeness (QED) is 0.655. The molecule has 0 atom stereocenters. The fourth-order valence-electron chi connectivity index (χ4n) is 1.57. The summed E-state index contributed by atoms with van der Waals surface area (Å²) in [6.07, 6.45) is 6.51. The van der Waals surface area contributed by atoms with Crippen molar-refractivity contribution in [1.29, 1.82) is 0 Å². The lowest BCUT2D eigenvalue weighted by Gasteiger charge is -2.07. The summed E-state index contributed by atoms with van der Waals surface area (Å²) in [7, 11) is 0. The van der Waals surface area contributed by atoms with Crippen LogP contribution in [0.1, 0.15) is 38.1 Å². The molecule has 0 aliphatic carbocycles. The number of nitrogens with one attached hydrogen (secondary N) is 1. The molecule has 4 nitrogen and oxygen atoms in total. The van der Waals surface area contributed by atoms with Crippen molar-refractivity contribution in [3.63, 3.8) is 0 Å². The van der Waals surface area contributed by atoms with Gasteiger partial charge in [0.15, 0.2) is 0 Å². The Kier molecular flexibility index (Phi) is 6.73. The molecule has 2 N–H and O–H groups in total. The van der Waals surface area contributed by atoms with E-state index in [1.807, 2.05) is 0 Å². The summed E-state index contributed by atoms with van der Waals surface area (Å²) in [6, 6.07) is 0.